The van der Waals surface area contributed by atoms with Crippen LogP contribution in [0.15, 0.2) is 24.3 Å². The van der Waals surface area contributed by atoms with Gasteiger partial charge < -0.3 is 5.32 Å². The summed E-state index contributed by atoms with van der Waals surface area (Å²) < 4.78 is 0.821. The van der Waals surface area contributed by atoms with Gasteiger partial charge in [-0.3, -0.25) is 25.2 Å². The van der Waals surface area contributed by atoms with Crippen molar-refractivity contribution in [1.29, 1.82) is 0 Å². The summed E-state index contributed by atoms with van der Waals surface area (Å²) in [6, 6.07) is 7.18. The van der Waals surface area contributed by atoms with Crippen LogP contribution in [0.3, 0.4) is 0 Å². The fourth-order valence-electron chi connectivity index (χ4n) is 5.98. The molecule has 1 aromatic carbocycles. The molecule has 28 heavy (non-hydrogen) atoms. The topological polar surface area (TPSA) is 87.3 Å². The molecule has 3 amide bonds. The van der Waals surface area contributed by atoms with Crippen molar-refractivity contribution in [3.05, 3.63) is 33.4 Å². The van der Waals surface area contributed by atoms with E-state index in [0.717, 1.165) is 40.6 Å². The van der Waals surface area contributed by atoms with Gasteiger partial charge >= 0.3 is 0 Å². The van der Waals surface area contributed by atoms with Crippen molar-refractivity contribution >= 4 is 40.3 Å². The van der Waals surface area contributed by atoms with E-state index in [-0.39, 0.29) is 23.8 Å². The first-order valence-electron chi connectivity index (χ1n) is 10.0. The highest BCUT2D eigenvalue weighted by molar-refractivity contribution is 14.1. The maximum atomic E-state index is 12.4. The number of hydrazine groups is 1. The molecule has 4 aliphatic rings. The average molecular weight is 495 g/mol. The second kappa shape index (κ2) is 8.00. The highest BCUT2D eigenvalue weighted by Crippen LogP contribution is 2.61. The monoisotopic (exact) mass is 495 g/mol. The lowest BCUT2D eigenvalue weighted by Crippen LogP contribution is -2.51. The fraction of sp³-hybridized carbons (Fsp3) is 0.571. The normalized spacial score (nSPS) is 30.0. The van der Waals surface area contributed by atoms with Gasteiger partial charge in [0.2, 0.25) is 5.91 Å². The van der Waals surface area contributed by atoms with E-state index in [1.54, 1.807) is 12.1 Å². The number of hydrogen-bond donors (Lipinski definition) is 3. The first kappa shape index (κ1) is 19.7. The summed E-state index contributed by atoms with van der Waals surface area (Å²) in [7, 11) is 0. The molecule has 0 unspecified atom stereocenters. The van der Waals surface area contributed by atoms with E-state index in [4.69, 9.17) is 0 Å². The second-order valence-electron chi connectivity index (χ2n) is 8.85. The predicted octanol–water partition coefficient (Wildman–Crippen LogP) is 2.77. The number of carbonyl (C=O) groups is 3. The van der Waals surface area contributed by atoms with Crippen molar-refractivity contribution in [2.75, 3.05) is 6.54 Å². The SMILES string of the molecule is O=C(CNC(=O)c1ccccc1I)NNC(=O)CC12CC3CC(CC(C3)C1)C2. The standard InChI is InChI=1S/C21H26IN3O3/c22-17-4-2-1-3-16(17)20(28)23-12-19(27)25-24-18(26)11-21-8-13-5-14(9-21)7-15(6-13)10-21/h1-4,13-15H,5-12H2,(H,23,28)(H,24,26)(H,25,27). The number of nitrogens with one attached hydrogen (secondary N) is 3. The van der Waals surface area contributed by atoms with Crippen LogP contribution in [0.1, 0.15) is 55.3 Å². The summed E-state index contributed by atoms with van der Waals surface area (Å²) in [6.45, 7) is -0.179. The van der Waals surface area contributed by atoms with Crippen LogP contribution in [0.4, 0.5) is 0 Å². The molecule has 4 bridgehead atoms. The highest BCUT2D eigenvalue weighted by atomic mass is 127. The largest absolute Gasteiger partial charge is 0.343 e. The van der Waals surface area contributed by atoms with Gasteiger partial charge in [-0.2, -0.15) is 0 Å². The zero-order valence-electron chi connectivity index (χ0n) is 15.8. The van der Waals surface area contributed by atoms with Crippen LogP contribution in [-0.4, -0.2) is 24.3 Å². The first-order chi connectivity index (χ1) is 13.4. The Morgan fingerprint density at radius 2 is 1.50 bits per heavy atom. The molecule has 6 nitrogen and oxygen atoms in total. The van der Waals surface area contributed by atoms with Crippen molar-refractivity contribution in [2.24, 2.45) is 23.2 Å². The molecule has 0 radical (unpaired) electrons. The van der Waals surface area contributed by atoms with E-state index < -0.39 is 5.91 Å². The Bertz CT molecular complexity index is 760. The number of benzene rings is 1. The van der Waals surface area contributed by atoms with Crippen LogP contribution < -0.4 is 16.2 Å². The summed E-state index contributed by atoms with van der Waals surface area (Å²) in [6.07, 6.45) is 8.00. The van der Waals surface area contributed by atoms with Crippen LogP contribution in [0.5, 0.6) is 0 Å². The summed E-state index contributed by atoms with van der Waals surface area (Å²) in [5, 5.41) is 2.58. The van der Waals surface area contributed by atoms with Crippen molar-refractivity contribution in [3.8, 4) is 0 Å². The molecule has 0 aromatic heterocycles. The highest BCUT2D eigenvalue weighted by Gasteiger charge is 2.51. The Morgan fingerprint density at radius 1 is 0.929 bits per heavy atom. The third-order valence-electron chi connectivity index (χ3n) is 6.57. The van der Waals surface area contributed by atoms with Gasteiger partial charge in [0.15, 0.2) is 0 Å². The Balaban J connectivity index is 1.21. The van der Waals surface area contributed by atoms with Crippen molar-refractivity contribution in [3.63, 3.8) is 0 Å². The van der Waals surface area contributed by atoms with Gasteiger partial charge in [0.1, 0.15) is 0 Å². The lowest BCUT2D eigenvalue weighted by Gasteiger charge is -2.56. The van der Waals surface area contributed by atoms with Crippen molar-refractivity contribution < 1.29 is 14.4 Å². The molecule has 3 N–H and O–H groups in total. The van der Waals surface area contributed by atoms with Crippen LogP contribution >= 0.6 is 22.6 Å². The number of carbonyl (C=O) groups excluding carboxylic acids is 3. The van der Waals surface area contributed by atoms with E-state index in [0.29, 0.717) is 12.0 Å². The molecule has 0 saturated heterocycles. The van der Waals surface area contributed by atoms with E-state index in [1.807, 2.05) is 12.1 Å². The number of amides is 3. The average Bonchev–Trinajstić information content (AvgIpc) is 2.63. The minimum absolute atomic E-state index is 0.126. The molecule has 0 spiro atoms. The van der Waals surface area contributed by atoms with Crippen molar-refractivity contribution in [1.82, 2.24) is 16.2 Å². The lowest BCUT2D eigenvalue weighted by atomic mass is 9.49. The molecule has 1 aromatic rings. The fourth-order valence-corrected chi connectivity index (χ4v) is 6.61. The number of rotatable bonds is 5. The molecule has 4 aliphatic carbocycles. The van der Waals surface area contributed by atoms with E-state index in [1.165, 1.54) is 19.3 Å². The number of halogens is 1. The van der Waals surface area contributed by atoms with E-state index in [2.05, 4.69) is 38.8 Å². The second-order valence-corrected chi connectivity index (χ2v) is 10.0. The van der Waals surface area contributed by atoms with Crippen LogP contribution in [0.2, 0.25) is 0 Å². The summed E-state index contributed by atoms with van der Waals surface area (Å²) in [4.78, 5) is 36.6. The third-order valence-corrected chi connectivity index (χ3v) is 7.51. The third kappa shape index (κ3) is 4.34. The Morgan fingerprint density at radius 3 is 2.11 bits per heavy atom. The van der Waals surface area contributed by atoms with Gasteiger partial charge in [0.25, 0.3) is 11.8 Å². The quantitative estimate of drug-likeness (QED) is 0.434. The van der Waals surface area contributed by atoms with Gasteiger partial charge in [-0.25, -0.2) is 0 Å². The smallest absolute Gasteiger partial charge is 0.257 e. The van der Waals surface area contributed by atoms with Gasteiger partial charge in [-0.1, -0.05) is 12.1 Å². The molecule has 0 heterocycles. The zero-order valence-corrected chi connectivity index (χ0v) is 18.0. The molecule has 7 heteroatoms. The van der Waals surface area contributed by atoms with Gasteiger partial charge in [-0.15, -0.1) is 0 Å². The lowest BCUT2D eigenvalue weighted by molar-refractivity contribution is -0.134. The number of hydrogen-bond acceptors (Lipinski definition) is 3. The van der Waals surface area contributed by atoms with Crippen LogP contribution in [0.25, 0.3) is 0 Å². The zero-order chi connectivity index (χ0) is 19.7. The molecule has 0 aliphatic heterocycles. The molecular weight excluding hydrogens is 469 g/mol. The summed E-state index contributed by atoms with van der Waals surface area (Å²) in [5.74, 6) is 1.52. The Hall–Kier alpha value is -1.64. The molecular formula is C21H26IN3O3. The first-order valence-corrected chi connectivity index (χ1v) is 11.1. The maximum absolute atomic E-state index is 12.4. The molecule has 150 valence electrons. The predicted molar refractivity (Wildman–Crippen MR) is 113 cm³/mol. The molecule has 4 saturated carbocycles. The van der Waals surface area contributed by atoms with Gasteiger partial charge in [-0.05, 0) is 96.4 Å². The van der Waals surface area contributed by atoms with Crippen molar-refractivity contribution in [2.45, 2.75) is 44.9 Å². The summed E-state index contributed by atoms with van der Waals surface area (Å²) in [5.41, 5.74) is 5.64. The maximum Gasteiger partial charge on any atom is 0.257 e. The van der Waals surface area contributed by atoms with Gasteiger partial charge in [0.05, 0.1) is 12.1 Å². The van der Waals surface area contributed by atoms with Crippen LogP contribution in [-0.2, 0) is 9.59 Å². The van der Waals surface area contributed by atoms with E-state index in [9.17, 15) is 14.4 Å². The minimum Gasteiger partial charge on any atom is -0.343 e. The van der Waals surface area contributed by atoms with E-state index >= 15 is 0 Å². The molecule has 0 atom stereocenters. The van der Waals surface area contributed by atoms with Crippen LogP contribution in [0, 0.1) is 26.7 Å². The summed E-state index contributed by atoms with van der Waals surface area (Å²) >= 11 is 2.08. The van der Waals surface area contributed by atoms with Gasteiger partial charge in [0, 0.05) is 9.99 Å². The Labute approximate surface area is 178 Å². The Kier molecular flexibility index (Phi) is 5.62. The molecule has 5 rings (SSSR count). The molecule has 4 fully saturated rings. The minimum atomic E-state index is -0.432.